The second kappa shape index (κ2) is 14.0. The molecule has 4 aromatic rings. The number of carbonyl (C=O) groups excluding carboxylic acids is 2. The highest BCUT2D eigenvalue weighted by Crippen LogP contribution is 2.55. The first-order chi connectivity index (χ1) is 25.3. The summed E-state index contributed by atoms with van der Waals surface area (Å²) in [6.07, 6.45) is -1.42. The zero-order valence-electron chi connectivity index (χ0n) is 32.0. The van der Waals surface area contributed by atoms with Gasteiger partial charge in [0.2, 0.25) is 0 Å². The summed E-state index contributed by atoms with van der Waals surface area (Å²) in [6.45, 7) is 13.0. The summed E-state index contributed by atoms with van der Waals surface area (Å²) in [7, 11) is -4.84. The predicted molar refractivity (Wildman–Crippen MR) is 212 cm³/mol. The van der Waals surface area contributed by atoms with E-state index in [0.29, 0.717) is 5.56 Å². The van der Waals surface area contributed by atoms with Crippen LogP contribution in [0, 0.1) is 5.41 Å². The molecule has 1 amide bonds. The summed E-state index contributed by atoms with van der Waals surface area (Å²) < 4.78 is 42.1. The van der Waals surface area contributed by atoms with Crippen LogP contribution in [-0.4, -0.2) is 70.8 Å². The molecule has 0 saturated carbocycles. The van der Waals surface area contributed by atoms with Crippen LogP contribution in [0.25, 0.3) is 0 Å². The van der Waals surface area contributed by atoms with Crippen LogP contribution in [-0.2, 0) is 37.6 Å². The summed E-state index contributed by atoms with van der Waals surface area (Å²) >= 11 is 0.826. The molecule has 11 nitrogen and oxygen atoms in total. The molecule has 1 saturated heterocycles. The number of methoxy groups -OCH3 is 1. The molecule has 0 N–H and O–H groups in total. The van der Waals surface area contributed by atoms with Gasteiger partial charge in [0.25, 0.3) is 11.8 Å². The number of fused-ring (bicyclic) bond motifs is 1. The van der Waals surface area contributed by atoms with Crippen molar-refractivity contribution in [2.75, 3.05) is 7.11 Å². The van der Waals surface area contributed by atoms with Crippen molar-refractivity contribution in [1.29, 1.82) is 0 Å². The number of benzene rings is 3. The fourth-order valence-corrected chi connectivity index (χ4v) is 16.1. The van der Waals surface area contributed by atoms with E-state index in [9.17, 15) is 14.4 Å². The molecule has 0 bridgehead atoms. The van der Waals surface area contributed by atoms with Crippen LogP contribution in [0.4, 0.5) is 0 Å². The minimum atomic E-state index is -4.41. The van der Waals surface area contributed by atoms with Crippen molar-refractivity contribution in [3.63, 3.8) is 0 Å². The second-order valence-electron chi connectivity index (χ2n) is 15.8. The Kier molecular flexibility index (Phi) is 10.2. The maximum absolute atomic E-state index is 15.1. The molecule has 3 atom stereocenters. The van der Waals surface area contributed by atoms with Gasteiger partial charge < -0.3 is 9.16 Å². The number of carbonyl (C=O) groups is 2. The Morgan fingerprint density at radius 2 is 1.41 bits per heavy atom. The smallest absolute Gasteiger partial charge is 0.335 e. The number of ketones is 1. The van der Waals surface area contributed by atoms with Crippen molar-refractivity contribution in [3.8, 4) is 5.88 Å². The van der Waals surface area contributed by atoms with Crippen LogP contribution < -0.4 is 20.4 Å². The molecule has 14 heteroatoms. The first kappa shape index (κ1) is 39.3. The average Bonchev–Trinajstić information content (AvgIpc) is 3.12. The fourth-order valence-electron chi connectivity index (χ4n) is 7.39. The number of allylic oxidation sites excluding steroid dienone is 1. The summed E-state index contributed by atoms with van der Waals surface area (Å²) in [6, 6.07) is 28.6. The van der Waals surface area contributed by atoms with Gasteiger partial charge in [-0.1, -0.05) is 144 Å². The highest BCUT2D eigenvalue weighted by atomic mass is 32.3. The Hall–Kier alpha value is -4.37. The number of hydrogen-bond acceptors (Lipinski definition) is 10. The number of amides is 1. The van der Waals surface area contributed by atoms with E-state index in [1.807, 2.05) is 66.7 Å². The van der Waals surface area contributed by atoms with Crippen LogP contribution in [0.5, 0.6) is 5.88 Å². The number of ether oxygens (including phenoxy) is 1. The van der Waals surface area contributed by atoms with Gasteiger partial charge in [0.05, 0.1) is 5.70 Å². The van der Waals surface area contributed by atoms with Gasteiger partial charge >= 0.3 is 13.9 Å². The molecule has 1 aromatic heterocycles. The maximum atomic E-state index is 15.1. The van der Waals surface area contributed by atoms with Crippen LogP contribution in [0.15, 0.2) is 112 Å². The maximum Gasteiger partial charge on any atom is 0.335 e. The van der Waals surface area contributed by atoms with Crippen LogP contribution in [0.2, 0.25) is 5.04 Å². The number of β-lactam (4-membered cyclic amide) rings is 1. The van der Waals surface area contributed by atoms with E-state index in [1.165, 1.54) is 11.8 Å². The molecule has 0 aliphatic carbocycles. The molecule has 2 aliphatic rings. The molecule has 1 fully saturated rings. The number of nitrogens with zero attached hydrogens (tertiary/aromatic N) is 4. The number of sulfone groups is 1. The van der Waals surface area contributed by atoms with E-state index in [1.54, 1.807) is 59.0 Å². The van der Waals surface area contributed by atoms with Gasteiger partial charge in [0.15, 0.2) is 36.3 Å². The van der Waals surface area contributed by atoms with Crippen molar-refractivity contribution in [3.05, 3.63) is 118 Å². The van der Waals surface area contributed by atoms with Gasteiger partial charge in [0.1, 0.15) is 0 Å². The van der Waals surface area contributed by atoms with Gasteiger partial charge in [-0.3, -0.25) is 19.3 Å². The topological polar surface area (TPSA) is 138 Å². The van der Waals surface area contributed by atoms with Crippen molar-refractivity contribution < 1.29 is 27.2 Å². The van der Waals surface area contributed by atoms with Crippen LogP contribution in [0.1, 0.15) is 54.0 Å². The molecular formula is C40H46N4O7S2Si. The Labute approximate surface area is 321 Å². The second-order valence-corrected chi connectivity index (χ2v) is 23.8. The van der Waals surface area contributed by atoms with Gasteiger partial charge in [0, 0.05) is 26.0 Å². The lowest BCUT2D eigenvalue weighted by Crippen LogP contribution is -2.74. The molecular weight excluding hydrogens is 741 g/mol. The largest absolute Gasteiger partial charge is 0.516 e. The summed E-state index contributed by atoms with van der Waals surface area (Å²) in [5, 5.41) is 4.56. The summed E-state index contributed by atoms with van der Waals surface area (Å²) in [4.78, 5) is 47.3. The lowest BCUT2D eigenvalue weighted by molar-refractivity contribution is -0.161. The van der Waals surface area contributed by atoms with Crippen molar-refractivity contribution in [1.82, 2.24) is 19.7 Å². The van der Waals surface area contributed by atoms with Gasteiger partial charge in [-0.2, -0.15) is 4.98 Å². The zero-order valence-corrected chi connectivity index (χ0v) is 34.6. The van der Waals surface area contributed by atoms with Gasteiger partial charge in [-0.25, -0.2) is 13.1 Å². The van der Waals surface area contributed by atoms with Crippen molar-refractivity contribution in [2.45, 2.75) is 80.6 Å². The number of rotatable bonds is 10. The normalized spacial score (nSPS) is 21.4. The molecule has 0 spiro atoms. The van der Waals surface area contributed by atoms with Crippen molar-refractivity contribution in [2.24, 2.45) is 12.5 Å². The fraction of sp³-hybridized carbons (Fsp3) is 0.375. The molecule has 3 aromatic carbocycles. The molecule has 3 heterocycles. The number of aromatic nitrogens is 3. The number of thioether (sulfide) groups is 1. The first-order valence-corrected chi connectivity index (χ1v) is 21.9. The van der Waals surface area contributed by atoms with E-state index in [0.717, 1.165) is 27.0 Å². The highest BCUT2D eigenvalue weighted by Gasteiger charge is 2.69. The van der Waals surface area contributed by atoms with Crippen molar-refractivity contribution >= 4 is 52.0 Å². The Morgan fingerprint density at radius 3 is 1.89 bits per heavy atom. The SMILES string of the molecule is CO[C@H]1C(=O)N2C(C(=O)C(C)(C)C)=C(C)C(Cc3ccccc3)(Sc3nc(=O)c(O[Si](c4ccccc4)(c4ccccc4)C(C)(C)C)nn3C)S(=O)(=O)[C@H]12. The molecule has 1 unspecified atom stereocenters. The summed E-state index contributed by atoms with van der Waals surface area (Å²) in [5.74, 6) is -1.21. The van der Waals surface area contributed by atoms with Crippen LogP contribution in [0.3, 0.4) is 0 Å². The lowest BCUT2D eigenvalue weighted by atomic mass is 9.84. The third-order valence-corrected chi connectivity index (χ3v) is 19.8. The minimum absolute atomic E-state index is 0.00801. The quantitative estimate of drug-likeness (QED) is 0.165. The van der Waals surface area contributed by atoms with E-state index >= 15 is 8.42 Å². The van der Waals surface area contributed by atoms with E-state index in [2.05, 4.69) is 30.9 Å². The first-order valence-electron chi connectivity index (χ1n) is 17.7. The predicted octanol–water partition coefficient (Wildman–Crippen LogP) is 4.65. The zero-order chi connectivity index (χ0) is 39.4. The molecule has 284 valence electrons. The Bertz CT molecular complexity index is 2250. The lowest BCUT2D eigenvalue weighted by Gasteiger charge is -2.54. The van der Waals surface area contributed by atoms with Gasteiger partial charge in [-0.15, -0.1) is 5.10 Å². The molecule has 0 radical (unpaired) electrons. The number of Topliss-reactive ketones (excluding diaryl/α,β-unsaturated/α-hetero) is 1. The number of hydrogen-bond donors (Lipinski definition) is 0. The van der Waals surface area contributed by atoms with E-state index < -0.39 is 61.4 Å². The molecule has 6 rings (SSSR count). The molecule has 54 heavy (non-hydrogen) atoms. The van der Waals surface area contributed by atoms with Crippen LogP contribution >= 0.6 is 11.8 Å². The monoisotopic (exact) mass is 786 g/mol. The third-order valence-electron chi connectivity index (χ3n) is 10.2. The third kappa shape index (κ3) is 6.26. The summed E-state index contributed by atoms with van der Waals surface area (Å²) in [5.41, 5.74) is -0.898. The standard InChI is InChI=1S/C40H46N4O7S2Si/c1-26-30(32(45)38(2,3)4)44-35(47)31(50-9)36(44)53(48,49)40(26,25-27-19-13-10-14-20-27)52-37-41-33(46)34(42-43(37)8)51-54(39(5,6)7,28-21-15-11-16-22-28)29-23-17-12-18-24-29/h10-24,31,36H,25H2,1-9H3/t31-,36+,40?/m0/s1. The Balaban J connectivity index is 1.56. The molecule has 2 aliphatic heterocycles. The highest BCUT2D eigenvalue weighted by molar-refractivity contribution is 8.15. The Morgan fingerprint density at radius 1 is 0.889 bits per heavy atom. The van der Waals surface area contributed by atoms with E-state index in [-0.39, 0.29) is 28.7 Å². The van der Waals surface area contributed by atoms with Gasteiger partial charge in [-0.05, 0) is 33.5 Å². The number of aryl methyl sites for hydroxylation is 1. The van der Waals surface area contributed by atoms with E-state index in [4.69, 9.17) is 9.16 Å². The average molecular weight is 787 g/mol. The minimum Gasteiger partial charge on any atom is -0.516 e.